The molecule has 2 heterocycles. The van der Waals surface area contributed by atoms with Gasteiger partial charge in [0.1, 0.15) is 6.04 Å². The average Bonchev–Trinajstić information content (AvgIpc) is 2.68. The predicted molar refractivity (Wildman–Crippen MR) is 77.7 cm³/mol. The van der Waals surface area contributed by atoms with E-state index in [4.69, 9.17) is 0 Å². The Morgan fingerprint density at radius 3 is 2.95 bits per heavy atom. The van der Waals surface area contributed by atoms with Crippen molar-refractivity contribution in [2.45, 2.75) is 12.5 Å². The minimum absolute atomic E-state index is 0.578. The van der Waals surface area contributed by atoms with Crippen LogP contribution >= 0.6 is 0 Å². The van der Waals surface area contributed by atoms with E-state index in [0.717, 1.165) is 49.1 Å². The lowest BCUT2D eigenvalue weighted by Crippen LogP contribution is -2.36. The number of rotatable bonds is 3. The largest absolute Gasteiger partial charge is 0.480 e. The summed E-state index contributed by atoms with van der Waals surface area (Å²) in [5.74, 6) is -0.781. The number of aromatic amines is 1. The number of H-pyrrole nitrogens is 1. The highest BCUT2D eigenvalue weighted by molar-refractivity contribution is 5.89. The summed E-state index contributed by atoms with van der Waals surface area (Å²) < 4.78 is 0. The van der Waals surface area contributed by atoms with Crippen molar-refractivity contribution in [3.63, 3.8) is 0 Å². The van der Waals surface area contributed by atoms with Crippen molar-refractivity contribution in [3.8, 4) is 0 Å². The van der Waals surface area contributed by atoms with Crippen LogP contribution in [-0.2, 0) is 4.79 Å². The number of nitrogens with zero attached hydrogens (tertiary/aromatic N) is 1. The van der Waals surface area contributed by atoms with E-state index in [2.05, 4.69) is 15.2 Å². The summed E-state index contributed by atoms with van der Waals surface area (Å²) in [7, 11) is 0. The molecule has 1 atom stereocenters. The standard InChI is InChI=1S/C15H19N3O2/c19-15(20)14(18-8-3-6-16-7-9-18)12-10-17-13-5-2-1-4-11(12)13/h1-2,4-5,10,14,16-17H,3,6-9H2,(H,19,20). The Balaban J connectivity index is 1.99. The summed E-state index contributed by atoms with van der Waals surface area (Å²) in [6.07, 6.45) is 2.81. The number of fused-ring (bicyclic) bond motifs is 1. The second kappa shape index (κ2) is 5.64. The molecule has 0 spiro atoms. The molecule has 3 rings (SSSR count). The van der Waals surface area contributed by atoms with Crippen molar-refractivity contribution in [2.24, 2.45) is 0 Å². The van der Waals surface area contributed by atoms with Gasteiger partial charge in [0, 0.05) is 42.3 Å². The van der Waals surface area contributed by atoms with Crippen molar-refractivity contribution in [2.75, 3.05) is 26.2 Å². The molecule has 1 unspecified atom stereocenters. The zero-order valence-electron chi connectivity index (χ0n) is 11.3. The smallest absolute Gasteiger partial charge is 0.325 e. The highest BCUT2D eigenvalue weighted by atomic mass is 16.4. The van der Waals surface area contributed by atoms with Gasteiger partial charge in [-0.25, -0.2) is 0 Å². The van der Waals surface area contributed by atoms with E-state index in [9.17, 15) is 9.90 Å². The second-order valence-electron chi connectivity index (χ2n) is 5.17. The lowest BCUT2D eigenvalue weighted by atomic mass is 10.0. The van der Waals surface area contributed by atoms with Crippen LogP contribution in [0.4, 0.5) is 0 Å². The Hall–Kier alpha value is -1.85. The molecule has 5 nitrogen and oxygen atoms in total. The van der Waals surface area contributed by atoms with Crippen LogP contribution in [0.3, 0.4) is 0 Å². The fourth-order valence-corrected chi connectivity index (χ4v) is 2.93. The van der Waals surface area contributed by atoms with E-state index < -0.39 is 12.0 Å². The third-order valence-corrected chi connectivity index (χ3v) is 3.89. The van der Waals surface area contributed by atoms with Crippen LogP contribution in [0.5, 0.6) is 0 Å². The molecule has 0 bridgehead atoms. The Bertz CT molecular complexity index is 600. The van der Waals surface area contributed by atoms with E-state index in [-0.39, 0.29) is 0 Å². The maximum atomic E-state index is 11.8. The number of hydrogen-bond donors (Lipinski definition) is 3. The van der Waals surface area contributed by atoms with Gasteiger partial charge in [0.05, 0.1) is 0 Å². The molecule has 106 valence electrons. The van der Waals surface area contributed by atoms with E-state index in [0.29, 0.717) is 0 Å². The molecule has 1 aliphatic heterocycles. The lowest BCUT2D eigenvalue weighted by molar-refractivity contribution is -0.143. The van der Waals surface area contributed by atoms with Gasteiger partial charge in [0.15, 0.2) is 0 Å². The predicted octanol–water partition coefficient (Wildman–Crippen LogP) is 1.59. The molecule has 20 heavy (non-hydrogen) atoms. The van der Waals surface area contributed by atoms with Crippen LogP contribution in [0.25, 0.3) is 10.9 Å². The van der Waals surface area contributed by atoms with Gasteiger partial charge >= 0.3 is 5.97 Å². The van der Waals surface area contributed by atoms with Gasteiger partial charge in [-0.3, -0.25) is 9.69 Å². The van der Waals surface area contributed by atoms with Gasteiger partial charge in [-0.05, 0) is 19.0 Å². The third-order valence-electron chi connectivity index (χ3n) is 3.89. The summed E-state index contributed by atoms with van der Waals surface area (Å²) in [5.41, 5.74) is 1.84. The molecule has 1 saturated heterocycles. The topological polar surface area (TPSA) is 68.4 Å². The molecule has 0 amide bonds. The normalized spacial score (nSPS) is 18.8. The summed E-state index contributed by atoms with van der Waals surface area (Å²) in [4.78, 5) is 17.0. The number of benzene rings is 1. The van der Waals surface area contributed by atoms with Crippen LogP contribution in [0.15, 0.2) is 30.5 Å². The number of hydrogen-bond acceptors (Lipinski definition) is 3. The zero-order chi connectivity index (χ0) is 13.9. The van der Waals surface area contributed by atoms with Crippen LogP contribution < -0.4 is 5.32 Å². The average molecular weight is 273 g/mol. The number of aromatic nitrogens is 1. The first-order chi connectivity index (χ1) is 9.77. The van der Waals surface area contributed by atoms with Gasteiger partial charge in [-0.2, -0.15) is 0 Å². The monoisotopic (exact) mass is 273 g/mol. The number of carbonyl (C=O) groups is 1. The molecule has 0 saturated carbocycles. The highest BCUT2D eigenvalue weighted by Gasteiger charge is 2.29. The van der Waals surface area contributed by atoms with Gasteiger partial charge in [0.25, 0.3) is 0 Å². The molecule has 1 aliphatic rings. The van der Waals surface area contributed by atoms with E-state index in [1.807, 2.05) is 30.5 Å². The SMILES string of the molecule is O=C(O)C(c1c[nH]c2ccccc12)N1CCCNCC1. The quantitative estimate of drug-likeness (QED) is 0.794. The summed E-state index contributed by atoms with van der Waals surface area (Å²) in [6.45, 7) is 3.36. The van der Waals surface area contributed by atoms with Gasteiger partial charge in [-0.1, -0.05) is 18.2 Å². The molecule has 1 aromatic carbocycles. The molecular formula is C15H19N3O2. The third kappa shape index (κ3) is 2.42. The van der Waals surface area contributed by atoms with Crippen molar-refractivity contribution in [1.82, 2.24) is 15.2 Å². The summed E-state index contributed by atoms with van der Waals surface area (Å²) in [5, 5.41) is 14.0. The second-order valence-corrected chi connectivity index (χ2v) is 5.17. The molecule has 5 heteroatoms. The Morgan fingerprint density at radius 2 is 2.10 bits per heavy atom. The number of para-hydroxylation sites is 1. The first-order valence-electron chi connectivity index (χ1n) is 7.01. The molecule has 1 aromatic heterocycles. The Morgan fingerprint density at radius 1 is 1.25 bits per heavy atom. The number of carboxylic acid groups (broad SMARTS) is 1. The van der Waals surface area contributed by atoms with E-state index in [1.165, 1.54) is 0 Å². The van der Waals surface area contributed by atoms with Gasteiger partial charge in [-0.15, -0.1) is 0 Å². The number of nitrogens with one attached hydrogen (secondary N) is 2. The Kier molecular flexibility index (Phi) is 3.71. The fraction of sp³-hybridized carbons (Fsp3) is 0.400. The minimum Gasteiger partial charge on any atom is -0.480 e. The molecule has 1 fully saturated rings. The van der Waals surface area contributed by atoms with Crippen LogP contribution in [0.1, 0.15) is 18.0 Å². The highest BCUT2D eigenvalue weighted by Crippen LogP contribution is 2.28. The summed E-state index contributed by atoms with van der Waals surface area (Å²) >= 11 is 0. The van der Waals surface area contributed by atoms with Crippen LogP contribution in [0.2, 0.25) is 0 Å². The summed E-state index contributed by atoms with van der Waals surface area (Å²) in [6, 6.07) is 7.28. The molecule has 0 radical (unpaired) electrons. The maximum absolute atomic E-state index is 11.8. The minimum atomic E-state index is -0.781. The van der Waals surface area contributed by atoms with Gasteiger partial charge < -0.3 is 15.4 Å². The van der Waals surface area contributed by atoms with Crippen molar-refractivity contribution in [3.05, 3.63) is 36.0 Å². The molecular weight excluding hydrogens is 254 g/mol. The van der Waals surface area contributed by atoms with Crippen LogP contribution in [0, 0.1) is 0 Å². The first kappa shape index (κ1) is 13.1. The lowest BCUT2D eigenvalue weighted by Gasteiger charge is -2.26. The number of carboxylic acids is 1. The maximum Gasteiger partial charge on any atom is 0.325 e. The van der Waals surface area contributed by atoms with E-state index in [1.54, 1.807) is 0 Å². The molecule has 0 aliphatic carbocycles. The fourth-order valence-electron chi connectivity index (χ4n) is 2.93. The van der Waals surface area contributed by atoms with Gasteiger partial charge in [0.2, 0.25) is 0 Å². The molecule has 2 aromatic rings. The Labute approximate surface area is 117 Å². The molecule has 3 N–H and O–H groups in total. The first-order valence-corrected chi connectivity index (χ1v) is 7.01. The van der Waals surface area contributed by atoms with Crippen molar-refractivity contribution in [1.29, 1.82) is 0 Å². The number of aliphatic carboxylic acids is 1. The van der Waals surface area contributed by atoms with Crippen molar-refractivity contribution < 1.29 is 9.90 Å². The van der Waals surface area contributed by atoms with Crippen LogP contribution in [-0.4, -0.2) is 47.1 Å². The van der Waals surface area contributed by atoms with E-state index >= 15 is 0 Å². The zero-order valence-corrected chi connectivity index (χ0v) is 11.3. The van der Waals surface area contributed by atoms with Crippen molar-refractivity contribution >= 4 is 16.9 Å².